The number of cyclic esters (lactones) is 1. The summed E-state index contributed by atoms with van der Waals surface area (Å²) in [5, 5.41) is 0. The molecule has 3 heteroatoms. The molecule has 0 radical (unpaired) electrons. The molecule has 2 atom stereocenters. The predicted octanol–water partition coefficient (Wildman–Crippen LogP) is 2.62. The number of hydrogen-bond acceptors (Lipinski definition) is 3. The molecule has 0 aromatic heterocycles. The average Bonchev–Trinajstić information content (AvgIpc) is 2.68. The summed E-state index contributed by atoms with van der Waals surface area (Å²) in [4.78, 5) is 22.7. The van der Waals surface area contributed by atoms with E-state index in [2.05, 4.69) is 0 Å². The molecule has 3 nitrogen and oxygen atoms in total. The first-order valence-electron chi connectivity index (χ1n) is 5.98. The molecule has 1 aromatic rings. The Kier molecular flexibility index (Phi) is 3.32. The number of carbonyl (C=O) groups is 2. The van der Waals surface area contributed by atoms with Crippen LogP contribution in [0.5, 0.6) is 0 Å². The number of rotatable bonds is 4. The van der Waals surface area contributed by atoms with E-state index in [1.54, 1.807) is 13.0 Å². The number of carbonyl (C=O) groups excluding carboxylic acids is 2. The number of ketones is 1. The summed E-state index contributed by atoms with van der Waals surface area (Å²) in [5.41, 5.74) is 0.277. The molecule has 0 saturated heterocycles. The van der Waals surface area contributed by atoms with Gasteiger partial charge >= 0.3 is 5.97 Å². The molecule has 0 amide bonds. The van der Waals surface area contributed by atoms with Crippen LogP contribution in [0, 0.1) is 0 Å². The topological polar surface area (TPSA) is 43.4 Å². The second-order valence-corrected chi connectivity index (χ2v) is 4.81. The third-order valence-electron chi connectivity index (χ3n) is 3.26. The van der Waals surface area contributed by atoms with Crippen LogP contribution in [-0.2, 0) is 14.3 Å². The lowest BCUT2D eigenvalue weighted by atomic mass is 9.80. The van der Waals surface area contributed by atoms with Crippen molar-refractivity contribution < 1.29 is 14.3 Å². The van der Waals surface area contributed by atoms with Crippen LogP contribution in [0.2, 0.25) is 0 Å². The highest BCUT2D eigenvalue weighted by Gasteiger charge is 2.40. The quantitative estimate of drug-likeness (QED) is 0.765. The Balaban J connectivity index is 2.35. The molecule has 0 saturated carbocycles. The molecule has 0 bridgehead atoms. The Morgan fingerprint density at radius 1 is 1.33 bits per heavy atom. The molecule has 0 fully saturated rings. The van der Waals surface area contributed by atoms with Crippen molar-refractivity contribution in [2.75, 3.05) is 0 Å². The van der Waals surface area contributed by atoms with Gasteiger partial charge in [0.05, 0.1) is 0 Å². The smallest absolute Gasteiger partial charge is 0.331 e. The van der Waals surface area contributed by atoms with Gasteiger partial charge in [-0.25, -0.2) is 4.79 Å². The maximum absolute atomic E-state index is 11.4. The third-order valence-corrected chi connectivity index (χ3v) is 3.26. The fourth-order valence-corrected chi connectivity index (χ4v) is 2.33. The van der Waals surface area contributed by atoms with Crippen LogP contribution in [0.25, 0.3) is 0 Å². The molecule has 94 valence electrons. The number of hydrogen-bond donors (Lipinski definition) is 0. The standard InChI is InChI=1S/C15H16O3/c1-11(16)10-13(12-6-4-3-5-7-12)15(2)9-8-14(17)18-15/h3-9,13H,10H2,1-2H3/t13-,15+/m0/s1. The van der Waals surface area contributed by atoms with Crippen molar-refractivity contribution in [3.63, 3.8) is 0 Å². The molecule has 1 aromatic carbocycles. The summed E-state index contributed by atoms with van der Waals surface area (Å²) in [6, 6.07) is 9.68. The summed E-state index contributed by atoms with van der Waals surface area (Å²) in [6.07, 6.45) is 3.53. The number of ether oxygens (including phenoxy) is 1. The maximum atomic E-state index is 11.4. The van der Waals surface area contributed by atoms with Gasteiger partial charge in [-0.1, -0.05) is 30.3 Å². The first-order valence-corrected chi connectivity index (χ1v) is 5.98. The maximum Gasteiger partial charge on any atom is 0.331 e. The molecular formula is C15H16O3. The minimum Gasteiger partial charge on any atom is -0.451 e. The van der Waals surface area contributed by atoms with E-state index >= 15 is 0 Å². The minimum absolute atomic E-state index is 0.0847. The van der Waals surface area contributed by atoms with E-state index in [4.69, 9.17) is 4.74 Å². The van der Waals surface area contributed by atoms with Gasteiger partial charge in [0.25, 0.3) is 0 Å². The minimum atomic E-state index is -0.732. The highest BCUT2D eigenvalue weighted by atomic mass is 16.6. The fraction of sp³-hybridized carbons (Fsp3) is 0.333. The highest BCUT2D eigenvalue weighted by molar-refractivity contribution is 5.85. The Hall–Kier alpha value is -1.90. The lowest BCUT2D eigenvalue weighted by Gasteiger charge is -2.31. The Bertz CT molecular complexity index is 490. The lowest BCUT2D eigenvalue weighted by Crippen LogP contribution is -2.33. The van der Waals surface area contributed by atoms with Gasteiger partial charge in [-0.15, -0.1) is 0 Å². The van der Waals surface area contributed by atoms with E-state index in [0.717, 1.165) is 5.56 Å². The molecule has 1 heterocycles. The predicted molar refractivity (Wildman–Crippen MR) is 68.1 cm³/mol. The van der Waals surface area contributed by atoms with Crippen LogP contribution >= 0.6 is 0 Å². The van der Waals surface area contributed by atoms with Crippen LogP contribution in [0.15, 0.2) is 42.5 Å². The van der Waals surface area contributed by atoms with Crippen molar-refractivity contribution in [1.82, 2.24) is 0 Å². The second kappa shape index (κ2) is 4.77. The van der Waals surface area contributed by atoms with Crippen LogP contribution in [0.3, 0.4) is 0 Å². The van der Waals surface area contributed by atoms with Gasteiger partial charge in [0.1, 0.15) is 11.4 Å². The zero-order valence-corrected chi connectivity index (χ0v) is 10.6. The second-order valence-electron chi connectivity index (χ2n) is 4.81. The van der Waals surface area contributed by atoms with Gasteiger partial charge in [0, 0.05) is 18.4 Å². The van der Waals surface area contributed by atoms with E-state index in [-0.39, 0.29) is 17.7 Å². The van der Waals surface area contributed by atoms with Gasteiger partial charge in [-0.05, 0) is 25.5 Å². The molecule has 0 spiro atoms. The zero-order valence-electron chi connectivity index (χ0n) is 10.6. The van der Waals surface area contributed by atoms with Gasteiger partial charge in [0.2, 0.25) is 0 Å². The number of esters is 1. The van der Waals surface area contributed by atoms with Crippen molar-refractivity contribution in [3.8, 4) is 0 Å². The first kappa shape index (κ1) is 12.6. The summed E-state index contributed by atoms with van der Waals surface area (Å²) < 4.78 is 5.36. The summed E-state index contributed by atoms with van der Waals surface area (Å²) >= 11 is 0. The van der Waals surface area contributed by atoms with E-state index in [0.29, 0.717) is 6.42 Å². The van der Waals surface area contributed by atoms with Crippen LogP contribution in [0.1, 0.15) is 31.7 Å². The molecule has 0 N–H and O–H groups in total. The number of benzene rings is 1. The van der Waals surface area contributed by atoms with Crippen LogP contribution in [0.4, 0.5) is 0 Å². The van der Waals surface area contributed by atoms with E-state index < -0.39 is 5.60 Å². The Morgan fingerprint density at radius 2 is 2.00 bits per heavy atom. The SMILES string of the molecule is CC(=O)C[C@@H](c1ccccc1)[C@@]1(C)C=CC(=O)O1. The van der Waals surface area contributed by atoms with E-state index in [9.17, 15) is 9.59 Å². The fourth-order valence-electron chi connectivity index (χ4n) is 2.33. The van der Waals surface area contributed by atoms with Crippen molar-refractivity contribution in [2.45, 2.75) is 31.8 Å². The molecule has 1 aliphatic heterocycles. The van der Waals surface area contributed by atoms with Crippen molar-refractivity contribution in [3.05, 3.63) is 48.0 Å². The van der Waals surface area contributed by atoms with Gasteiger partial charge in [-0.2, -0.15) is 0 Å². The van der Waals surface area contributed by atoms with Gasteiger partial charge in [0.15, 0.2) is 0 Å². The number of Topliss-reactive ketones (excluding diaryl/α,β-unsaturated/α-hetero) is 1. The molecule has 0 aliphatic carbocycles. The van der Waals surface area contributed by atoms with Crippen LogP contribution in [-0.4, -0.2) is 17.4 Å². The van der Waals surface area contributed by atoms with Gasteiger partial charge < -0.3 is 9.53 Å². The van der Waals surface area contributed by atoms with E-state index in [1.165, 1.54) is 6.08 Å². The molecular weight excluding hydrogens is 228 g/mol. The zero-order chi connectivity index (χ0) is 13.2. The van der Waals surface area contributed by atoms with Crippen molar-refractivity contribution in [2.24, 2.45) is 0 Å². The normalized spacial score (nSPS) is 23.8. The summed E-state index contributed by atoms with van der Waals surface area (Å²) in [6.45, 7) is 3.40. The van der Waals surface area contributed by atoms with Crippen molar-refractivity contribution in [1.29, 1.82) is 0 Å². The molecule has 1 aliphatic rings. The molecule has 0 unspecified atom stereocenters. The monoisotopic (exact) mass is 244 g/mol. The third kappa shape index (κ3) is 2.50. The first-order chi connectivity index (χ1) is 8.51. The summed E-state index contributed by atoms with van der Waals surface area (Å²) in [7, 11) is 0. The lowest BCUT2D eigenvalue weighted by molar-refractivity contribution is -0.146. The molecule has 18 heavy (non-hydrogen) atoms. The van der Waals surface area contributed by atoms with E-state index in [1.807, 2.05) is 37.3 Å². The average molecular weight is 244 g/mol. The van der Waals surface area contributed by atoms with Crippen LogP contribution < -0.4 is 0 Å². The Morgan fingerprint density at radius 3 is 2.50 bits per heavy atom. The van der Waals surface area contributed by atoms with Crippen molar-refractivity contribution >= 4 is 11.8 Å². The molecule has 2 rings (SSSR count). The summed E-state index contributed by atoms with van der Waals surface area (Å²) in [5.74, 6) is -0.401. The Labute approximate surface area is 106 Å². The van der Waals surface area contributed by atoms with Gasteiger partial charge in [-0.3, -0.25) is 0 Å². The largest absolute Gasteiger partial charge is 0.451 e. The highest BCUT2D eigenvalue weighted by Crippen LogP contribution is 2.38.